The number of hydrogen-bond acceptors (Lipinski definition) is 3. The maximum Gasteiger partial charge on any atom is 0.253 e. The first kappa shape index (κ1) is 26.0. The molecule has 0 spiro atoms. The van der Waals surface area contributed by atoms with Gasteiger partial charge in [0.2, 0.25) is 0 Å². The van der Waals surface area contributed by atoms with Crippen molar-refractivity contribution >= 4 is 30.7 Å². The first-order chi connectivity index (χ1) is 15.1. The van der Waals surface area contributed by atoms with Crippen molar-refractivity contribution in [1.82, 2.24) is 14.7 Å². The number of benzene rings is 2. The Morgan fingerprint density at radius 3 is 2.30 bits per heavy atom. The minimum absolute atomic E-state index is 0. The number of carbonyl (C=O) groups excluding carboxylic acids is 1. The van der Waals surface area contributed by atoms with E-state index in [1.807, 2.05) is 12.1 Å². The van der Waals surface area contributed by atoms with Gasteiger partial charge >= 0.3 is 0 Å². The van der Waals surface area contributed by atoms with Gasteiger partial charge in [-0.05, 0) is 74.6 Å². The Balaban J connectivity index is 0.00000153. The summed E-state index contributed by atoms with van der Waals surface area (Å²) in [5, 5.41) is 0. The Kier molecular flexibility index (Phi) is 8.85. The lowest BCUT2D eigenvalue weighted by Crippen LogP contribution is -2.33. The van der Waals surface area contributed by atoms with E-state index < -0.39 is 0 Å². The van der Waals surface area contributed by atoms with Gasteiger partial charge in [-0.15, -0.1) is 24.8 Å². The van der Waals surface area contributed by atoms with Crippen molar-refractivity contribution in [3.05, 3.63) is 70.8 Å². The molecular weight excluding hydrogens is 453 g/mol. The average molecular weight is 491 g/mol. The number of fused-ring (bicyclic) bond motifs is 1. The van der Waals surface area contributed by atoms with E-state index in [1.54, 1.807) is 0 Å². The standard InChI is InChI=1S/C27H35N3O.2ClH/c1-20-8-4-5-9-24(20)26-25-19-30(18-23(25)17-28(26)2)27(31)22-12-10-21(11-13-22)16-29-14-6-3-7-15-29;;/h4-5,8-13,23,25-26H,3,6-7,14-19H2,1-2H3;2*1H/t23-,25+,26+;;/m0../s1. The van der Waals surface area contributed by atoms with E-state index in [0.717, 1.165) is 31.7 Å². The number of carbonyl (C=O) groups is 1. The highest BCUT2D eigenvalue weighted by atomic mass is 35.5. The molecule has 3 aliphatic rings. The van der Waals surface area contributed by atoms with Crippen LogP contribution < -0.4 is 0 Å². The molecule has 0 saturated carbocycles. The van der Waals surface area contributed by atoms with Crippen molar-refractivity contribution in [3.8, 4) is 0 Å². The van der Waals surface area contributed by atoms with Crippen LogP contribution >= 0.6 is 24.8 Å². The third-order valence-electron chi connectivity index (χ3n) is 7.74. The number of halogens is 2. The molecule has 3 fully saturated rings. The second-order valence-corrected chi connectivity index (χ2v) is 9.91. The molecule has 3 atom stereocenters. The summed E-state index contributed by atoms with van der Waals surface area (Å²) in [5.74, 6) is 1.29. The number of hydrogen-bond donors (Lipinski definition) is 0. The molecule has 4 nitrogen and oxygen atoms in total. The van der Waals surface area contributed by atoms with E-state index in [0.29, 0.717) is 17.9 Å². The summed E-state index contributed by atoms with van der Waals surface area (Å²) >= 11 is 0. The molecule has 3 aliphatic heterocycles. The van der Waals surface area contributed by atoms with Gasteiger partial charge in [0.25, 0.3) is 5.91 Å². The summed E-state index contributed by atoms with van der Waals surface area (Å²) in [6, 6.07) is 17.5. The molecule has 0 bridgehead atoms. The van der Waals surface area contributed by atoms with Crippen LogP contribution in [0.5, 0.6) is 0 Å². The van der Waals surface area contributed by atoms with Gasteiger partial charge in [-0.3, -0.25) is 14.6 Å². The summed E-state index contributed by atoms with van der Waals surface area (Å²) in [4.78, 5) is 20.4. The van der Waals surface area contributed by atoms with Crippen LogP contribution in [-0.2, 0) is 6.54 Å². The zero-order chi connectivity index (χ0) is 21.4. The number of likely N-dealkylation sites (tertiary alicyclic amines) is 3. The highest BCUT2D eigenvalue weighted by Crippen LogP contribution is 2.45. The monoisotopic (exact) mass is 489 g/mol. The molecule has 0 N–H and O–H groups in total. The van der Waals surface area contributed by atoms with Gasteiger partial charge in [0, 0.05) is 43.7 Å². The van der Waals surface area contributed by atoms with E-state index in [1.165, 1.54) is 49.0 Å². The molecule has 2 aromatic rings. The Morgan fingerprint density at radius 1 is 0.909 bits per heavy atom. The largest absolute Gasteiger partial charge is 0.338 e. The van der Waals surface area contributed by atoms with Gasteiger partial charge in [0.05, 0.1) is 0 Å². The van der Waals surface area contributed by atoms with Gasteiger partial charge in [0.1, 0.15) is 0 Å². The van der Waals surface area contributed by atoms with Crippen LogP contribution in [0.2, 0.25) is 0 Å². The van der Waals surface area contributed by atoms with Crippen LogP contribution in [0.1, 0.15) is 52.4 Å². The molecule has 6 heteroatoms. The number of amides is 1. The highest BCUT2D eigenvalue weighted by molar-refractivity contribution is 5.94. The molecule has 3 heterocycles. The van der Waals surface area contributed by atoms with Crippen molar-refractivity contribution in [2.24, 2.45) is 11.8 Å². The zero-order valence-corrected chi connectivity index (χ0v) is 21.4. The summed E-state index contributed by atoms with van der Waals surface area (Å²) in [6.45, 7) is 8.43. The van der Waals surface area contributed by atoms with Gasteiger partial charge in [0.15, 0.2) is 0 Å². The van der Waals surface area contributed by atoms with Crippen LogP contribution in [0, 0.1) is 18.8 Å². The maximum absolute atomic E-state index is 13.3. The van der Waals surface area contributed by atoms with Crippen LogP contribution in [0.25, 0.3) is 0 Å². The normalized spacial score (nSPS) is 25.3. The van der Waals surface area contributed by atoms with E-state index >= 15 is 0 Å². The first-order valence-electron chi connectivity index (χ1n) is 12.0. The van der Waals surface area contributed by atoms with E-state index in [4.69, 9.17) is 0 Å². The van der Waals surface area contributed by atoms with Crippen molar-refractivity contribution in [3.63, 3.8) is 0 Å². The lowest BCUT2D eigenvalue weighted by molar-refractivity contribution is 0.0768. The van der Waals surface area contributed by atoms with Gasteiger partial charge in [-0.2, -0.15) is 0 Å². The minimum Gasteiger partial charge on any atom is -0.338 e. The SMILES string of the molecule is Cc1ccccc1[C@@H]1[C@@H]2CN(C(=O)c3ccc(CN4CCCCC4)cc3)C[C@@H]2CN1C.Cl.Cl. The van der Waals surface area contributed by atoms with Crippen molar-refractivity contribution in [2.75, 3.05) is 39.8 Å². The predicted molar refractivity (Wildman–Crippen MR) is 139 cm³/mol. The molecular formula is C27H37Cl2N3O. The lowest BCUT2D eigenvalue weighted by atomic mass is 9.88. The molecule has 0 radical (unpaired) electrons. The second-order valence-electron chi connectivity index (χ2n) is 9.91. The van der Waals surface area contributed by atoms with Gasteiger partial charge in [-0.25, -0.2) is 0 Å². The average Bonchev–Trinajstić information content (AvgIpc) is 3.32. The van der Waals surface area contributed by atoms with Crippen LogP contribution in [0.15, 0.2) is 48.5 Å². The van der Waals surface area contributed by atoms with Crippen LogP contribution in [0.4, 0.5) is 0 Å². The van der Waals surface area contributed by atoms with Crippen molar-refractivity contribution in [1.29, 1.82) is 0 Å². The number of nitrogens with zero attached hydrogens (tertiary/aromatic N) is 3. The van der Waals surface area contributed by atoms with Crippen LogP contribution in [-0.4, -0.2) is 60.4 Å². The number of rotatable bonds is 4. The number of piperidine rings is 1. The molecule has 5 rings (SSSR count). The lowest BCUT2D eigenvalue weighted by Gasteiger charge is -2.28. The highest BCUT2D eigenvalue weighted by Gasteiger charge is 2.47. The molecule has 0 aromatic heterocycles. The fraction of sp³-hybridized carbons (Fsp3) is 0.519. The van der Waals surface area contributed by atoms with Crippen molar-refractivity contribution in [2.45, 2.75) is 38.8 Å². The maximum atomic E-state index is 13.3. The molecule has 0 unspecified atom stereocenters. The van der Waals surface area contributed by atoms with E-state index in [-0.39, 0.29) is 30.7 Å². The smallest absolute Gasteiger partial charge is 0.253 e. The fourth-order valence-electron chi connectivity index (χ4n) is 6.12. The quantitative estimate of drug-likeness (QED) is 0.590. The summed E-state index contributed by atoms with van der Waals surface area (Å²) in [6.07, 6.45) is 3.99. The third kappa shape index (κ3) is 5.40. The zero-order valence-electron chi connectivity index (χ0n) is 19.8. The van der Waals surface area contributed by atoms with Crippen LogP contribution in [0.3, 0.4) is 0 Å². The first-order valence-corrected chi connectivity index (χ1v) is 12.0. The molecule has 180 valence electrons. The Hall–Kier alpha value is -1.59. The van der Waals surface area contributed by atoms with E-state index in [9.17, 15) is 4.79 Å². The fourth-order valence-corrected chi connectivity index (χ4v) is 6.12. The number of aryl methyl sites for hydroxylation is 1. The summed E-state index contributed by atoms with van der Waals surface area (Å²) < 4.78 is 0. The molecule has 33 heavy (non-hydrogen) atoms. The van der Waals surface area contributed by atoms with Gasteiger partial charge < -0.3 is 4.90 Å². The summed E-state index contributed by atoms with van der Waals surface area (Å²) in [7, 11) is 2.24. The van der Waals surface area contributed by atoms with E-state index in [2.05, 4.69) is 65.1 Å². The van der Waals surface area contributed by atoms with Gasteiger partial charge in [-0.1, -0.05) is 42.8 Å². The summed E-state index contributed by atoms with van der Waals surface area (Å²) in [5.41, 5.74) is 4.93. The Bertz CT molecular complexity index is 929. The minimum atomic E-state index is 0. The molecule has 3 saturated heterocycles. The molecule has 0 aliphatic carbocycles. The molecule has 1 amide bonds. The topological polar surface area (TPSA) is 26.8 Å². The third-order valence-corrected chi connectivity index (χ3v) is 7.74. The Morgan fingerprint density at radius 2 is 1.61 bits per heavy atom. The van der Waals surface area contributed by atoms with Crippen molar-refractivity contribution < 1.29 is 4.79 Å². The second kappa shape index (κ2) is 11.2. The molecule has 2 aromatic carbocycles. The Labute approximate surface area is 211 Å². The predicted octanol–water partition coefficient (Wildman–Crippen LogP) is 5.20.